The summed E-state index contributed by atoms with van der Waals surface area (Å²) in [5.74, 6) is -0.165. The number of nitrogens with one attached hydrogen (secondary N) is 2. The van der Waals surface area contributed by atoms with E-state index in [4.69, 9.17) is 4.74 Å². The zero-order valence-corrected chi connectivity index (χ0v) is 11.4. The van der Waals surface area contributed by atoms with E-state index in [1.54, 1.807) is 20.8 Å². The van der Waals surface area contributed by atoms with Crippen molar-refractivity contribution in [3.63, 3.8) is 0 Å². The van der Waals surface area contributed by atoms with E-state index < -0.39 is 11.7 Å². The molecule has 0 aliphatic heterocycles. The predicted octanol–water partition coefficient (Wildman–Crippen LogP) is 2.16. The number of hydrogen-bond donors (Lipinski definition) is 2. The minimum Gasteiger partial charge on any atom is -0.444 e. The van der Waals surface area contributed by atoms with E-state index in [0.29, 0.717) is 6.42 Å². The first-order chi connectivity index (χ1) is 7.74. The fourth-order valence-electron chi connectivity index (χ4n) is 1.28. The number of rotatable bonds is 5. The number of carbonyl (C=O) groups excluding carboxylic acids is 2. The molecule has 0 aromatic heterocycles. The summed E-state index contributed by atoms with van der Waals surface area (Å²) in [6.07, 6.45) is 1.77. The van der Waals surface area contributed by atoms with Crippen molar-refractivity contribution in [1.82, 2.24) is 10.6 Å². The van der Waals surface area contributed by atoms with Crippen molar-refractivity contribution in [2.24, 2.45) is 0 Å². The molecule has 17 heavy (non-hydrogen) atoms. The number of hydrogen-bond acceptors (Lipinski definition) is 3. The first-order valence-corrected chi connectivity index (χ1v) is 6.01. The maximum Gasteiger partial charge on any atom is 0.409 e. The summed E-state index contributed by atoms with van der Waals surface area (Å²) < 4.78 is 5.13. The van der Waals surface area contributed by atoms with Gasteiger partial charge in [-0.05, 0) is 33.6 Å². The van der Waals surface area contributed by atoms with Crippen LogP contribution in [0.15, 0.2) is 0 Å². The third-order valence-electron chi connectivity index (χ3n) is 1.91. The summed E-state index contributed by atoms with van der Waals surface area (Å²) in [6, 6.07) is 0. The number of alkyl carbamates (subject to hydrolysis) is 1. The van der Waals surface area contributed by atoms with E-state index in [0.717, 1.165) is 12.8 Å². The lowest BCUT2D eigenvalue weighted by Gasteiger charge is -2.24. The van der Waals surface area contributed by atoms with Crippen LogP contribution in [0.25, 0.3) is 0 Å². The van der Waals surface area contributed by atoms with Gasteiger partial charge in [-0.2, -0.15) is 0 Å². The smallest absolute Gasteiger partial charge is 0.409 e. The quantitative estimate of drug-likeness (QED) is 0.728. The summed E-state index contributed by atoms with van der Waals surface area (Å²) >= 11 is 0. The van der Waals surface area contributed by atoms with Gasteiger partial charge in [-0.1, -0.05) is 13.3 Å². The Morgan fingerprint density at radius 2 is 1.82 bits per heavy atom. The Morgan fingerprint density at radius 3 is 2.24 bits per heavy atom. The van der Waals surface area contributed by atoms with Gasteiger partial charge in [-0.15, -0.1) is 0 Å². The minimum atomic E-state index is -0.532. The lowest BCUT2D eigenvalue weighted by molar-refractivity contribution is -0.119. The van der Waals surface area contributed by atoms with Crippen LogP contribution in [-0.4, -0.2) is 23.8 Å². The third kappa shape index (κ3) is 9.66. The van der Waals surface area contributed by atoms with E-state index in [1.807, 2.05) is 0 Å². The maximum atomic E-state index is 11.5. The Morgan fingerprint density at radius 1 is 1.24 bits per heavy atom. The highest BCUT2D eigenvalue weighted by atomic mass is 16.6. The molecule has 2 amide bonds. The van der Waals surface area contributed by atoms with Gasteiger partial charge in [0.15, 0.2) is 0 Å². The molecule has 5 heteroatoms. The van der Waals surface area contributed by atoms with Crippen LogP contribution in [0.4, 0.5) is 4.79 Å². The molecule has 0 aromatic carbocycles. The average Bonchev–Trinajstić information content (AvgIpc) is 2.09. The Hall–Kier alpha value is -1.26. The molecular formula is C12H24N2O3. The SMILES string of the molecule is CCCCC(NC(C)=O)NC(=O)OC(C)(C)C. The second kappa shape index (κ2) is 7.14. The lowest BCUT2D eigenvalue weighted by Crippen LogP contribution is -2.48. The van der Waals surface area contributed by atoms with Crippen LogP contribution in [0.3, 0.4) is 0 Å². The fraction of sp³-hybridized carbons (Fsp3) is 0.833. The molecule has 0 fully saturated rings. The predicted molar refractivity (Wildman–Crippen MR) is 66.5 cm³/mol. The molecular weight excluding hydrogens is 220 g/mol. The van der Waals surface area contributed by atoms with Gasteiger partial charge in [0.1, 0.15) is 11.8 Å². The van der Waals surface area contributed by atoms with Crippen LogP contribution in [0.2, 0.25) is 0 Å². The van der Waals surface area contributed by atoms with Crippen molar-refractivity contribution < 1.29 is 14.3 Å². The Kier molecular flexibility index (Phi) is 6.61. The van der Waals surface area contributed by atoms with E-state index in [2.05, 4.69) is 17.6 Å². The van der Waals surface area contributed by atoms with E-state index >= 15 is 0 Å². The first kappa shape index (κ1) is 15.7. The van der Waals surface area contributed by atoms with Gasteiger partial charge in [0.25, 0.3) is 0 Å². The van der Waals surface area contributed by atoms with Gasteiger partial charge >= 0.3 is 6.09 Å². The molecule has 0 aliphatic carbocycles. The molecule has 0 aliphatic rings. The molecule has 0 heterocycles. The largest absolute Gasteiger partial charge is 0.444 e. The molecule has 0 spiro atoms. The standard InChI is InChI=1S/C12H24N2O3/c1-6-7-8-10(13-9(2)15)14-11(16)17-12(3,4)5/h10H,6-8H2,1-5H3,(H,13,15)(H,14,16). The summed E-state index contributed by atoms with van der Waals surface area (Å²) in [6.45, 7) is 8.87. The van der Waals surface area contributed by atoms with Gasteiger partial charge < -0.3 is 15.4 Å². The molecule has 0 saturated heterocycles. The molecule has 2 N–H and O–H groups in total. The molecule has 100 valence electrons. The zero-order chi connectivity index (χ0) is 13.5. The maximum absolute atomic E-state index is 11.5. The van der Waals surface area contributed by atoms with E-state index in [-0.39, 0.29) is 12.1 Å². The van der Waals surface area contributed by atoms with Crippen LogP contribution in [0.5, 0.6) is 0 Å². The second-order valence-electron chi connectivity index (χ2n) is 5.04. The van der Waals surface area contributed by atoms with Crippen molar-refractivity contribution in [3.8, 4) is 0 Å². The van der Waals surface area contributed by atoms with Crippen LogP contribution in [0.1, 0.15) is 53.9 Å². The number of carbonyl (C=O) groups is 2. The lowest BCUT2D eigenvalue weighted by atomic mass is 10.2. The van der Waals surface area contributed by atoms with Gasteiger partial charge in [0.2, 0.25) is 5.91 Å². The monoisotopic (exact) mass is 244 g/mol. The topological polar surface area (TPSA) is 67.4 Å². The van der Waals surface area contributed by atoms with Crippen molar-refractivity contribution in [2.45, 2.75) is 65.6 Å². The van der Waals surface area contributed by atoms with Crippen molar-refractivity contribution in [2.75, 3.05) is 0 Å². The molecule has 0 aromatic rings. The van der Waals surface area contributed by atoms with E-state index in [9.17, 15) is 9.59 Å². The summed E-state index contributed by atoms with van der Waals surface area (Å²) in [5, 5.41) is 5.33. The molecule has 0 saturated carbocycles. The molecule has 0 radical (unpaired) electrons. The second-order valence-corrected chi connectivity index (χ2v) is 5.04. The van der Waals surface area contributed by atoms with Crippen LogP contribution < -0.4 is 10.6 Å². The van der Waals surface area contributed by atoms with Crippen LogP contribution in [-0.2, 0) is 9.53 Å². The fourth-order valence-corrected chi connectivity index (χ4v) is 1.28. The van der Waals surface area contributed by atoms with Crippen molar-refractivity contribution >= 4 is 12.0 Å². The number of unbranched alkanes of at least 4 members (excludes halogenated alkanes) is 1. The zero-order valence-electron chi connectivity index (χ0n) is 11.4. The van der Waals surface area contributed by atoms with Gasteiger partial charge in [-0.3, -0.25) is 4.79 Å². The average molecular weight is 244 g/mol. The molecule has 1 unspecified atom stereocenters. The van der Waals surface area contributed by atoms with Crippen LogP contribution in [0, 0.1) is 0 Å². The summed E-state index contributed by atoms with van der Waals surface area (Å²) in [5.41, 5.74) is -0.532. The summed E-state index contributed by atoms with van der Waals surface area (Å²) in [7, 11) is 0. The first-order valence-electron chi connectivity index (χ1n) is 6.01. The van der Waals surface area contributed by atoms with Crippen molar-refractivity contribution in [3.05, 3.63) is 0 Å². The molecule has 5 nitrogen and oxygen atoms in total. The molecule has 0 bridgehead atoms. The van der Waals surface area contributed by atoms with Gasteiger partial charge in [-0.25, -0.2) is 4.79 Å². The van der Waals surface area contributed by atoms with Crippen molar-refractivity contribution in [1.29, 1.82) is 0 Å². The van der Waals surface area contributed by atoms with E-state index in [1.165, 1.54) is 6.92 Å². The third-order valence-corrected chi connectivity index (χ3v) is 1.91. The van der Waals surface area contributed by atoms with Gasteiger partial charge in [0, 0.05) is 6.92 Å². The highest BCUT2D eigenvalue weighted by Gasteiger charge is 2.19. The normalized spacial score (nSPS) is 12.8. The summed E-state index contributed by atoms with van der Waals surface area (Å²) in [4.78, 5) is 22.5. The highest BCUT2D eigenvalue weighted by Crippen LogP contribution is 2.07. The Labute approximate surface area is 103 Å². The highest BCUT2D eigenvalue weighted by molar-refractivity contribution is 5.74. The molecule has 1 atom stereocenters. The minimum absolute atomic E-state index is 0.165. The van der Waals surface area contributed by atoms with Gasteiger partial charge in [0.05, 0.1) is 0 Å². The Bertz CT molecular complexity index is 259. The molecule has 0 rings (SSSR count). The van der Waals surface area contributed by atoms with Crippen LogP contribution >= 0.6 is 0 Å². The Balaban J connectivity index is 4.21. The number of ether oxygens (including phenoxy) is 1. The number of amides is 2.